The molecule has 0 aromatic rings. The maximum absolute atomic E-state index is 10.7. The second-order valence-corrected chi connectivity index (χ2v) is 3.17. The summed E-state index contributed by atoms with van der Waals surface area (Å²) in [5.41, 5.74) is 0. The summed E-state index contributed by atoms with van der Waals surface area (Å²) in [7, 11) is 0. The number of rotatable bonds is 5. The van der Waals surface area contributed by atoms with Crippen LogP contribution in [0.25, 0.3) is 0 Å². The van der Waals surface area contributed by atoms with Gasteiger partial charge in [0.05, 0.1) is 0 Å². The van der Waals surface area contributed by atoms with Crippen LogP contribution in [0, 0.1) is 5.92 Å². The number of halogens is 1. The first-order chi connectivity index (χ1) is 5.56. The molecule has 0 fully saturated rings. The molecular weight excluding hydrogens is 178 g/mol. The van der Waals surface area contributed by atoms with Gasteiger partial charge in [-0.3, -0.25) is 4.79 Å². The minimum absolute atomic E-state index is 0.0630. The molecule has 0 aromatic heterocycles. The summed E-state index contributed by atoms with van der Waals surface area (Å²) < 4.78 is 0. The number of Topliss-reactive ketones (excluding diaryl/α,β-unsaturated/α-hetero) is 1. The molecule has 0 bridgehead atoms. The van der Waals surface area contributed by atoms with Crippen LogP contribution >= 0.6 is 11.6 Å². The molecule has 0 unspecified atom stereocenters. The van der Waals surface area contributed by atoms with E-state index in [1.165, 1.54) is 13.8 Å². The van der Waals surface area contributed by atoms with E-state index in [4.69, 9.17) is 11.6 Å². The molecule has 0 aliphatic carbocycles. The van der Waals surface area contributed by atoms with E-state index < -0.39 is 0 Å². The number of hydrogen-bond acceptors (Lipinski definition) is 2. The quantitative estimate of drug-likeness (QED) is 0.658. The normalized spacial score (nSPS) is 12.2. The van der Waals surface area contributed by atoms with Gasteiger partial charge < -0.3 is 10.1 Å². The Labute approximate surface area is 77.5 Å². The molecule has 0 rings (SSSR count). The third-order valence-corrected chi connectivity index (χ3v) is 1.87. The van der Waals surface area contributed by atoms with Gasteiger partial charge in [0.25, 0.3) is 0 Å². The van der Waals surface area contributed by atoms with Crippen molar-refractivity contribution in [2.75, 3.05) is 12.4 Å². The average molecular weight is 192 g/mol. The summed E-state index contributed by atoms with van der Waals surface area (Å²) >= 11 is 5.59. The van der Waals surface area contributed by atoms with Gasteiger partial charge in [-0.05, 0) is 12.8 Å². The van der Waals surface area contributed by atoms with Crippen molar-refractivity contribution < 1.29 is 9.59 Å². The Kier molecular flexibility index (Phi) is 5.72. The molecule has 70 valence electrons. The van der Waals surface area contributed by atoms with Crippen LogP contribution in [0.3, 0.4) is 0 Å². The highest BCUT2D eigenvalue weighted by atomic mass is 35.5. The van der Waals surface area contributed by atoms with Crippen molar-refractivity contribution in [3.05, 3.63) is 0 Å². The maximum Gasteiger partial charge on any atom is 0.216 e. The van der Waals surface area contributed by atoms with Crippen LogP contribution in [-0.4, -0.2) is 24.1 Å². The maximum atomic E-state index is 10.7. The highest BCUT2D eigenvalue weighted by molar-refractivity contribution is 6.18. The van der Waals surface area contributed by atoms with E-state index in [2.05, 4.69) is 5.32 Å². The van der Waals surface area contributed by atoms with Crippen molar-refractivity contribution in [1.82, 2.24) is 5.32 Å². The molecular formula is C8H14ClNO2. The van der Waals surface area contributed by atoms with Crippen molar-refractivity contribution in [2.24, 2.45) is 5.92 Å². The first kappa shape index (κ1) is 11.4. The lowest BCUT2D eigenvalue weighted by molar-refractivity contribution is -0.120. The van der Waals surface area contributed by atoms with Gasteiger partial charge in [-0.25, -0.2) is 0 Å². The number of carbonyl (C=O) groups is 2. The van der Waals surface area contributed by atoms with E-state index in [0.717, 1.165) is 0 Å². The fraction of sp³-hybridized carbons (Fsp3) is 0.750. The molecule has 0 aromatic carbocycles. The Morgan fingerprint density at radius 3 is 2.33 bits per heavy atom. The number of nitrogens with one attached hydrogen (secondary N) is 1. The molecule has 0 saturated carbocycles. The Morgan fingerprint density at radius 2 is 2.00 bits per heavy atom. The fourth-order valence-corrected chi connectivity index (χ4v) is 1.09. The smallest absolute Gasteiger partial charge is 0.216 e. The topological polar surface area (TPSA) is 46.2 Å². The van der Waals surface area contributed by atoms with Crippen LogP contribution in [0.1, 0.15) is 20.3 Å². The molecule has 12 heavy (non-hydrogen) atoms. The summed E-state index contributed by atoms with van der Waals surface area (Å²) in [5.74, 6) is 0.479. The zero-order valence-electron chi connectivity index (χ0n) is 7.39. The number of ketones is 1. The van der Waals surface area contributed by atoms with Gasteiger partial charge in [0.1, 0.15) is 5.78 Å². The lowest BCUT2D eigenvalue weighted by atomic mass is 10.1. The minimum Gasteiger partial charge on any atom is -0.356 e. The zero-order valence-corrected chi connectivity index (χ0v) is 8.15. The Bertz CT molecular complexity index is 170. The number of amides is 1. The predicted octanol–water partition coefficient (Wildman–Crippen LogP) is 0.957. The van der Waals surface area contributed by atoms with Crippen LogP contribution in [0.5, 0.6) is 0 Å². The summed E-state index contributed by atoms with van der Waals surface area (Å²) in [5, 5.41) is 2.63. The van der Waals surface area contributed by atoms with E-state index in [0.29, 0.717) is 18.8 Å². The number of hydrogen-bond donors (Lipinski definition) is 1. The van der Waals surface area contributed by atoms with Crippen LogP contribution in [-0.2, 0) is 9.59 Å². The molecule has 3 nitrogen and oxygen atoms in total. The second-order valence-electron chi connectivity index (χ2n) is 2.86. The summed E-state index contributed by atoms with van der Waals surface area (Å²) in [6, 6.07) is 0. The molecule has 4 heteroatoms. The number of carbonyl (C=O) groups excluding carboxylic acids is 2. The second kappa shape index (κ2) is 6.00. The van der Waals surface area contributed by atoms with Crippen molar-refractivity contribution in [2.45, 2.75) is 20.3 Å². The summed E-state index contributed by atoms with van der Waals surface area (Å²) in [6.45, 7) is 3.45. The van der Waals surface area contributed by atoms with Crippen molar-refractivity contribution in [1.29, 1.82) is 0 Å². The predicted molar refractivity (Wildman–Crippen MR) is 48.2 cm³/mol. The third-order valence-electron chi connectivity index (χ3n) is 1.43. The molecule has 1 amide bonds. The molecule has 1 N–H and O–H groups in total. The zero-order chi connectivity index (χ0) is 9.56. The largest absolute Gasteiger partial charge is 0.356 e. The van der Waals surface area contributed by atoms with Crippen LogP contribution in [0.4, 0.5) is 0 Å². The van der Waals surface area contributed by atoms with Gasteiger partial charge in [-0.15, -0.1) is 11.6 Å². The van der Waals surface area contributed by atoms with Gasteiger partial charge in [0.2, 0.25) is 5.91 Å². The van der Waals surface area contributed by atoms with Crippen LogP contribution in [0.2, 0.25) is 0 Å². The molecule has 0 aliphatic rings. The highest BCUT2D eigenvalue weighted by Crippen LogP contribution is 2.04. The summed E-state index contributed by atoms with van der Waals surface area (Å²) in [6.07, 6.45) is 0.434. The highest BCUT2D eigenvalue weighted by Gasteiger charge is 2.09. The first-order valence-corrected chi connectivity index (χ1v) is 4.39. The monoisotopic (exact) mass is 191 g/mol. The molecule has 0 spiro atoms. The van der Waals surface area contributed by atoms with E-state index in [9.17, 15) is 9.59 Å². The molecule has 0 heterocycles. The molecule has 0 radical (unpaired) electrons. The van der Waals surface area contributed by atoms with E-state index in [1.807, 2.05) is 0 Å². The average Bonchev–Trinajstić information content (AvgIpc) is 1.97. The van der Waals surface area contributed by atoms with Gasteiger partial charge in [0, 0.05) is 25.8 Å². The Hall–Kier alpha value is -0.570. The molecule has 0 aliphatic heterocycles. The van der Waals surface area contributed by atoms with Gasteiger partial charge in [-0.1, -0.05) is 0 Å². The third kappa shape index (κ3) is 6.16. The van der Waals surface area contributed by atoms with Gasteiger partial charge in [-0.2, -0.15) is 0 Å². The minimum atomic E-state index is -0.0892. The summed E-state index contributed by atoms with van der Waals surface area (Å²) in [4.78, 5) is 21.2. The standard InChI is InChI=1S/C8H14ClNO2/c1-6(11)3-8(4-9)5-10-7(2)12/h8H,3-5H2,1-2H3,(H,10,12)/t8-/m1/s1. The van der Waals surface area contributed by atoms with Crippen LogP contribution in [0.15, 0.2) is 0 Å². The van der Waals surface area contributed by atoms with Gasteiger partial charge in [0.15, 0.2) is 0 Å². The van der Waals surface area contributed by atoms with E-state index in [1.54, 1.807) is 0 Å². The first-order valence-electron chi connectivity index (χ1n) is 3.86. The van der Waals surface area contributed by atoms with Crippen molar-refractivity contribution in [3.63, 3.8) is 0 Å². The lowest BCUT2D eigenvalue weighted by Gasteiger charge is -2.11. The van der Waals surface area contributed by atoms with E-state index >= 15 is 0 Å². The number of alkyl halides is 1. The molecule has 0 saturated heterocycles. The SMILES string of the molecule is CC(=O)C[C@H](CCl)CNC(C)=O. The Balaban J connectivity index is 3.67. The Morgan fingerprint density at radius 1 is 1.42 bits per heavy atom. The van der Waals surface area contributed by atoms with Crippen molar-refractivity contribution >= 4 is 23.3 Å². The van der Waals surface area contributed by atoms with Crippen molar-refractivity contribution in [3.8, 4) is 0 Å². The van der Waals surface area contributed by atoms with E-state index in [-0.39, 0.29) is 17.6 Å². The molecule has 1 atom stereocenters. The fourth-order valence-electron chi connectivity index (χ4n) is 0.876. The van der Waals surface area contributed by atoms with Gasteiger partial charge >= 0.3 is 0 Å². The van der Waals surface area contributed by atoms with Crippen LogP contribution < -0.4 is 5.32 Å². The lowest BCUT2D eigenvalue weighted by Crippen LogP contribution is -2.28.